The van der Waals surface area contributed by atoms with E-state index in [2.05, 4.69) is 11.5 Å². The number of hydrogen-bond donors (Lipinski definition) is 20. The van der Waals surface area contributed by atoms with Crippen LogP contribution in [0.15, 0.2) is 0 Å². The molecule has 2 rings (SSSR count). The number of aliphatic hydroxyl groups is 18. The van der Waals surface area contributed by atoms with Crippen molar-refractivity contribution in [1.82, 2.24) is 0 Å². The number of carbonyl (C=O) groups excluding carboxylic acids is 1. The summed E-state index contributed by atoms with van der Waals surface area (Å²) in [6, 6.07) is -0.833. The minimum Gasteiger partial charge on any atom is -0.394 e. The van der Waals surface area contributed by atoms with Gasteiger partial charge in [0.25, 0.3) is 0 Å². The van der Waals surface area contributed by atoms with Gasteiger partial charge in [0.1, 0.15) is 79.4 Å². The van der Waals surface area contributed by atoms with E-state index in [0.29, 0.717) is 0 Å². The number of amides is 2. The second kappa shape index (κ2) is 27.1. The van der Waals surface area contributed by atoms with Gasteiger partial charge in [-0.1, -0.05) is 0 Å². The number of ether oxygens (including phenoxy) is 3. The van der Waals surface area contributed by atoms with Gasteiger partial charge in [-0.15, -0.1) is 0 Å². The Morgan fingerprint density at radius 3 is 1.32 bits per heavy atom. The Hall–Kier alpha value is -1.57. The lowest BCUT2D eigenvalue weighted by molar-refractivity contribution is -0.355. The van der Waals surface area contributed by atoms with Crippen molar-refractivity contribution < 1.29 is 111 Å². The zero-order valence-electron chi connectivity index (χ0n) is 27.7. The van der Waals surface area contributed by atoms with Crippen molar-refractivity contribution >= 4 is 6.03 Å². The summed E-state index contributed by atoms with van der Waals surface area (Å²) in [7, 11) is 0. The van der Waals surface area contributed by atoms with Gasteiger partial charge < -0.3 is 118 Å². The van der Waals surface area contributed by atoms with Crippen molar-refractivity contribution in [3.63, 3.8) is 0 Å². The van der Waals surface area contributed by atoms with Crippen LogP contribution in [0.5, 0.6) is 0 Å². The number of nitrogens with two attached hydrogens (primary N) is 2. The molecule has 2 aliphatic heterocycles. The van der Waals surface area contributed by atoms with Crippen LogP contribution < -0.4 is 11.5 Å². The molecule has 50 heavy (non-hydrogen) atoms. The molecule has 0 aliphatic carbocycles. The summed E-state index contributed by atoms with van der Waals surface area (Å²) in [5.74, 6) is 0. The fourth-order valence-electron chi connectivity index (χ4n) is 3.30. The van der Waals surface area contributed by atoms with E-state index in [9.17, 15) is 35.7 Å². The Morgan fingerprint density at radius 2 is 1.02 bits per heavy atom. The molecule has 0 radical (unpaired) electrons. The topological polar surface area (TPSA) is 461 Å². The minimum absolute atomic E-state index is 0.365. The third kappa shape index (κ3) is 21.7. The summed E-state index contributed by atoms with van der Waals surface area (Å²) in [6.45, 7) is 1.70. The van der Waals surface area contributed by atoms with Crippen molar-refractivity contribution in [2.45, 2.75) is 118 Å². The van der Waals surface area contributed by atoms with Gasteiger partial charge in [-0.25, -0.2) is 4.79 Å². The van der Waals surface area contributed by atoms with Gasteiger partial charge in [0.2, 0.25) is 0 Å². The molecule has 0 aromatic heterocycles. The van der Waals surface area contributed by atoms with Gasteiger partial charge in [0.15, 0.2) is 12.6 Å². The largest absolute Gasteiger partial charge is 0.394 e. The molecule has 0 spiro atoms. The second-order valence-corrected chi connectivity index (χ2v) is 11.6. The number of aliphatic hydroxyl groups excluding tert-OH is 17. The molecular weight excluding hydrogens is 692 g/mol. The van der Waals surface area contributed by atoms with E-state index in [1.807, 2.05) is 0 Å². The zero-order valence-corrected chi connectivity index (χ0v) is 27.7. The van der Waals surface area contributed by atoms with Crippen LogP contribution in [0.3, 0.4) is 0 Å². The first kappa shape index (κ1) is 52.8. The smallest absolute Gasteiger partial charge is 0.309 e. The normalized spacial score (nSPS) is 31.8. The molecule has 0 aromatic carbocycles. The number of urea groups is 1. The number of carbonyl (C=O) groups is 1. The van der Waals surface area contributed by atoms with Crippen molar-refractivity contribution in [3.8, 4) is 0 Å². The van der Waals surface area contributed by atoms with Gasteiger partial charge in [0.05, 0.1) is 45.2 Å². The molecule has 24 nitrogen and oxygen atoms in total. The molecule has 0 aromatic rings. The van der Waals surface area contributed by atoms with Crippen molar-refractivity contribution in [3.05, 3.63) is 0 Å². The Balaban J connectivity index is -0.000000680. The highest BCUT2D eigenvalue weighted by atomic mass is 16.7. The first-order valence-electron chi connectivity index (χ1n) is 14.8. The standard InChI is InChI=1S/C12H22O11.C6H14O6.C4H10O.C3H8O3.CH4N2O/c13-1-3-5(15)6(16)9(19)12(22-3)23-10-4(2-14)21-11(20)8(18)7(10)17;7-1-3(9)5(11)6(12)4(10)2-8;1-4(2,3)5;4-1-3(6)2-5;2-1(3)4/h3-20H,1-2H2;3-12H,1-2H2;5H,1-3H3;3-6H,1-2H2;(H4,2,3,4)/t3-,4-,5+,6+,7-,8-,9-,10-,11-,12+;3-,4+,5-,6-;;;/m11.../s1. The lowest BCUT2D eigenvalue weighted by Crippen LogP contribution is -2.64. The SMILES string of the molecule is CC(C)(C)O.NC(N)=O.OCC(O)CO.OC[C@@H](O)[C@@H](O)[C@H](O)[C@@H](O)CO.OC[C@H]1O[C@@H](O[C@H]2[C@H](O)[C@@H](O)[C@H](O)O[C@@H]2CO)[C@H](O)[C@@H](O)[C@H]1O. The fourth-order valence-corrected chi connectivity index (χ4v) is 3.30. The van der Waals surface area contributed by atoms with Gasteiger partial charge in [-0.2, -0.15) is 0 Å². The zero-order chi connectivity index (χ0) is 40.1. The number of rotatable bonds is 11. The highest BCUT2D eigenvalue weighted by Gasteiger charge is 2.50. The molecule has 14 atom stereocenters. The van der Waals surface area contributed by atoms with E-state index in [0.717, 1.165) is 0 Å². The maximum atomic E-state index is 9.94. The molecule has 2 heterocycles. The first-order valence-corrected chi connectivity index (χ1v) is 14.8. The van der Waals surface area contributed by atoms with Gasteiger partial charge in [0, 0.05) is 0 Å². The Morgan fingerprint density at radius 1 is 0.640 bits per heavy atom. The Kier molecular flexibility index (Phi) is 28.6. The highest BCUT2D eigenvalue weighted by Crippen LogP contribution is 2.28. The van der Waals surface area contributed by atoms with Crippen LogP contribution in [0.4, 0.5) is 4.79 Å². The predicted octanol–water partition coefficient (Wildman–Crippen LogP) is -10.8. The molecule has 24 heteroatoms. The van der Waals surface area contributed by atoms with Crippen LogP contribution in [0.1, 0.15) is 20.8 Å². The van der Waals surface area contributed by atoms with E-state index in [1.165, 1.54) is 0 Å². The summed E-state index contributed by atoms with van der Waals surface area (Å²) >= 11 is 0. The maximum absolute atomic E-state index is 9.94. The maximum Gasteiger partial charge on any atom is 0.309 e. The van der Waals surface area contributed by atoms with Crippen LogP contribution in [0.2, 0.25) is 0 Å². The van der Waals surface area contributed by atoms with Crippen molar-refractivity contribution in [2.75, 3.05) is 39.6 Å². The fraction of sp³-hybridized carbons (Fsp3) is 0.962. The Labute approximate surface area is 286 Å². The summed E-state index contributed by atoms with van der Waals surface area (Å²) in [4.78, 5) is 9.00. The van der Waals surface area contributed by atoms with Crippen molar-refractivity contribution in [1.29, 1.82) is 0 Å². The van der Waals surface area contributed by atoms with Crippen LogP contribution in [0, 0.1) is 0 Å². The van der Waals surface area contributed by atoms with Gasteiger partial charge in [-0.05, 0) is 20.8 Å². The third-order valence-corrected chi connectivity index (χ3v) is 5.91. The van der Waals surface area contributed by atoms with E-state index in [-0.39, 0.29) is 13.2 Å². The van der Waals surface area contributed by atoms with Crippen LogP contribution in [0.25, 0.3) is 0 Å². The van der Waals surface area contributed by atoms with E-state index >= 15 is 0 Å². The molecule has 304 valence electrons. The van der Waals surface area contributed by atoms with Gasteiger partial charge >= 0.3 is 6.03 Å². The quantitative estimate of drug-likeness (QED) is 0.0932. The second-order valence-electron chi connectivity index (χ2n) is 11.6. The predicted molar refractivity (Wildman–Crippen MR) is 163 cm³/mol. The van der Waals surface area contributed by atoms with Crippen LogP contribution in [-0.4, -0.2) is 235 Å². The average Bonchev–Trinajstić information content (AvgIpc) is 3.05. The van der Waals surface area contributed by atoms with Gasteiger partial charge in [-0.3, -0.25) is 0 Å². The molecule has 0 saturated carbocycles. The molecule has 2 amide bonds. The summed E-state index contributed by atoms with van der Waals surface area (Å²) in [6.07, 6.45) is -22.9. The van der Waals surface area contributed by atoms with E-state index < -0.39 is 130 Å². The minimum atomic E-state index is -1.74. The molecule has 2 saturated heterocycles. The van der Waals surface area contributed by atoms with Crippen LogP contribution >= 0.6 is 0 Å². The average molecular weight is 751 g/mol. The lowest BCUT2D eigenvalue weighted by Gasteiger charge is -2.45. The molecule has 0 unspecified atom stereocenters. The van der Waals surface area contributed by atoms with Crippen molar-refractivity contribution in [2.24, 2.45) is 11.5 Å². The molecule has 0 bridgehead atoms. The molecular formula is C26H58N2O22. The molecule has 22 N–H and O–H groups in total. The summed E-state index contributed by atoms with van der Waals surface area (Å²) in [5, 5.41) is 161. The first-order chi connectivity index (χ1) is 22.9. The van der Waals surface area contributed by atoms with Crippen LogP contribution in [-0.2, 0) is 14.2 Å². The molecule has 2 fully saturated rings. The Bertz CT molecular complexity index is 812. The third-order valence-electron chi connectivity index (χ3n) is 5.91. The highest BCUT2D eigenvalue weighted by molar-refractivity contribution is 5.69. The number of hydrogen-bond acceptors (Lipinski definition) is 22. The lowest BCUT2D eigenvalue weighted by atomic mass is 9.97. The molecule has 2 aliphatic rings. The van der Waals surface area contributed by atoms with E-state index in [4.69, 9.17) is 75.2 Å². The summed E-state index contributed by atoms with van der Waals surface area (Å²) < 4.78 is 15.3. The summed E-state index contributed by atoms with van der Waals surface area (Å²) in [5.41, 5.74) is 8.00. The monoisotopic (exact) mass is 750 g/mol. The number of primary amides is 2. The van der Waals surface area contributed by atoms with E-state index in [1.54, 1.807) is 20.8 Å².